The topological polar surface area (TPSA) is 68.7 Å². The van der Waals surface area contributed by atoms with Crippen molar-refractivity contribution in [3.63, 3.8) is 0 Å². The second-order valence-corrected chi connectivity index (χ2v) is 6.69. The highest BCUT2D eigenvalue weighted by Crippen LogP contribution is 2.37. The van der Waals surface area contributed by atoms with Gasteiger partial charge in [0.25, 0.3) is 5.91 Å². The quantitative estimate of drug-likeness (QED) is 0.782. The van der Waals surface area contributed by atoms with E-state index in [2.05, 4.69) is 0 Å². The third-order valence-corrected chi connectivity index (χ3v) is 4.90. The van der Waals surface area contributed by atoms with Crippen LogP contribution in [-0.2, 0) is 0 Å². The molecule has 1 aromatic heterocycles. The molecule has 1 aliphatic rings. The summed E-state index contributed by atoms with van der Waals surface area (Å²) in [4.78, 5) is 15.0. The number of carbonyl (C=O) groups excluding carboxylic acids is 1. The molecule has 1 atom stereocenters. The van der Waals surface area contributed by atoms with E-state index in [4.69, 9.17) is 14.9 Å². The molecule has 2 aromatic carbocycles. The number of furan rings is 1. The van der Waals surface area contributed by atoms with Crippen molar-refractivity contribution in [3.8, 4) is 16.9 Å². The van der Waals surface area contributed by atoms with E-state index in [9.17, 15) is 4.79 Å². The van der Waals surface area contributed by atoms with E-state index >= 15 is 0 Å². The molecule has 3 aromatic rings. The van der Waals surface area contributed by atoms with Crippen LogP contribution in [0.4, 0.5) is 0 Å². The number of amides is 1. The summed E-state index contributed by atoms with van der Waals surface area (Å²) in [5, 5.41) is 0.904. The predicted octanol–water partition coefficient (Wildman–Crippen LogP) is 3.67. The molecule has 4 rings (SSSR count). The van der Waals surface area contributed by atoms with Gasteiger partial charge in [-0.25, -0.2) is 0 Å². The molecule has 0 radical (unpaired) electrons. The van der Waals surface area contributed by atoms with Crippen LogP contribution in [-0.4, -0.2) is 37.0 Å². The Morgan fingerprint density at radius 2 is 2.04 bits per heavy atom. The number of ether oxygens (including phenoxy) is 1. The van der Waals surface area contributed by atoms with Crippen molar-refractivity contribution in [1.29, 1.82) is 0 Å². The molecule has 5 heteroatoms. The van der Waals surface area contributed by atoms with E-state index in [1.54, 1.807) is 12.0 Å². The van der Waals surface area contributed by atoms with Crippen molar-refractivity contribution in [1.82, 2.24) is 4.90 Å². The van der Waals surface area contributed by atoms with Crippen LogP contribution in [0.25, 0.3) is 22.1 Å². The van der Waals surface area contributed by atoms with Crippen LogP contribution in [0.2, 0.25) is 0 Å². The highest BCUT2D eigenvalue weighted by atomic mass is 16.5. The molecule has 0 aliphatic carbocycles. The molecular weight excluding hydrogens is 328 g/mol. The molecule has 0 saturated carbocycles. The Kier molecular flexibility index (Phi) is 4.39. The number of likely N-dealkylation sites (tertiary alicyclic amines) is 1. The molecular formula is C21H22N2O3. The molecule has 0 spiro atoms. The number of hydrogen-bond donors (Lipinski definition) is 1. The molecule has 1 aliphatic heterocycles. The Labute approximate surface area is 152 Å². The molecule has 2 heterocycles. The van der Waals surface area contributed by atoms with Crippen molar-refractivity contribution >= 4 is 16.9 Å². The maximum absolute atomic E-state index is 13.2. The number of carbonyl (C=O) groups is 1. The van der Waals surface area contributed by atoms with Crippen LogP contribution >= 0.6 is 0 Å². The first-order chi connectivity index (χ1) is 12.7. The van der Waals surface area contributed by atoms with Gasteiger partial charge in [-0.1, -0.05) is 30.3 Å². The first-order valence-electron chi connectivity index (χ1n) is 8.88. The molecule has 2 N–H and O–H groups in total. The normalized spacial score (nSPS) is 17.5. The number of piperidine rings is 1. The van der Waals surface area contributed by atoms with Gasteiger partial charge in [-0.3, -0.25) is 4.79 Å². The summed E-state index contributed by atoms with van der Waals surface area (Å²) >= 11 is 0. The smallest absolute Gasteiger partial charge is 0.290 e. The Hall–Kier alpha value is -2.79. The summed E-state index contributed by atoms with van der Waals surface area (Å²) in [5.74, 6) is 0.965. The van der Waals surface area contributed by atoms with E-state index < -0.39 is 0 Å². The zero-order valence-corrected chi connectivity index (χ0v) is 14.8. The summed E-state index contributed by atoms with van der Waals surface area (Å²) < 4.78 is 11.3. The minimum atomic E-state index is -0.103. The minimum absolute atomic E-state index is 0.0253. The lowest BCUT2D eigenvalue weighted by molar-refractivity contribution is 0.0680. The molecule has 26 heavy (non-hydrogen) atoms. The lowest BCUT2D eigenvalue weighted by Crippen LogP contribution is -2.45. The van der Waals surface area contributed by atoms with Crippen LogP contribution in [0.1, 0.15) is 23.4 Å². The average molecular weight is 350 g/mol. The summed E-state index contributed by atoms with van der Waals surface area (Å²) in [5.41, 5.74) is 8.49. The highest BCUT2D eigenvalue weighted by Gasteiger charge is 2.29. The van der Waals surface area contributed by atoms with Gasteiger partial charge < -0.3 is 19.8 Å². The zero-order chi connectivity index (χ0) is 18.1. The van der Waals surface area contributed by atoms with Gasteiger partial charge in [-0.15, -0.1) is 0 Å². The van der Waals surface area contributed by atoms with Crippen LogP contribution in [0.5, 0.6) is 5.75 Å². The molecule has 134 valence electrons. The highest BCUT2D eigenvalue weighted by molar-refractivity contribution is 6.08. The number of methoxy groups -OCH3 is 1. The van der Waals surface area contributed by atoms with E-state index in [0.29, 0.717) is 30.2 Å². The molecule has 1 amide bonds. The van der Waals surface area contributed by atoms with E-state index in [-0.39, 0.29) is 11.9 Å². The fourth-order valence-corrected chi connectivity index (χ4v) is 3.58. The Bertz CT molecular complexity index is 933. The standard InChI is InChI=1S/C21H22N2O3/c1-25-16-9-10-17-18(12-16)26-20(19(17)14-6-3-2-4-7-14)21(24)23-11-5-8-15(22)13-23/h2-4,6-7,9-10,12,15H,5,8,11,13,22H2,1H3. The van der Waals surface area contributed by atoms with Gasteiger partial charge in [0.05, 0.1) is 7.11 Å². The summed E-state index contributed by atoms with van der Waals surface area (Å²) in [6.07, 6.45) is 1.87. The van der Waals surface area contributed by atoms with Crippen molar-refractivity contribution in [3.05, 3.63) is 54.3 Å². The van der Waals surface area contributed by atoms with Gasteiger partial charge in [0.1, 0.15) is 11.3 Å². The second kappa shape index (κ2) is 6.84. The molecule has 0 bridgehead atoms. The van der Waals surface area contributed by atoms with Gasteiger partial charge in [-0.05, 0) is 30.5 Å². The van der Waals surface area contributed by atoms with Crippen molar-refractivity contribution in [2.24, 2.45) is 5.73 Å². The Morgan fingerprint density at radius 3 is 2.77 bits per heavy atom. The third kappa shape index (κ3) is 2.95. The number of nitrogens with two attached hydrogens (primary N) is 1. The SMILES string of the molecule is COc1ccc2c(-c3ccccc3)c(C(=O)N3CCCC(N)C3)oc2c1. The summed E-state index contributed by atoms with van der Waals surface area (Å²) in [6, 6.07) is 15.5. The number of fused-ring (bicyclic) bond motifs is 1. The van der Waals surface area contributed by atoms with Gasteiger partial charge in [0, 0.05) is 36.1 Å². The number of nitrogens with zero attached hydrogens (tertiary/aromatic N) is 1. The van der Waals surface area contributed by atoms with Crippen molar-refractivity contribution < 1.29 is 13.9 Å². The third-order valence-electron chi connectivity index (χ3n) is 4.90. The molecule has 1 saturated heterocycles. The fourth-order valence-electron chi connectivity index (χ4n) is 3.58. The van der Waals surface area contributed by atoms with Crippen molar-refractivity contribution in [2.75, 3.05) is 20.2 Å². The van der Waals surface area contributed by atoms with Gasteiger partial charge in [0.2, 0.25) is 5.76 Å². The largest absolute Gasteiger partial charge is 0.497 e. The van der Waals surface area contributed by atoms with Crippen LogP contribution in [0.3, 0.4) is 0 Å². The van der Waals surface area contributed by atoms with E-state index in [1.807, 2.05) is 48.5 Å². The number of rotatable bonds is 3. The fraction of sp³-hybridized carbons (Fsp3) is 0.286. The maximum atomic E-state index is 13.2. The van der Waals surface area contributed by atoms with E-state index in [0.717, 1.165) is 29.4 Å². The first kappa shape index (κ1) is 16.7. The van der Waals surface area contributed by atoms with Gasteiger partial charge in [-0.2, -0.15) is 0 Å². The number of hydrogen-bond acceptors (Lipinski definition) is 4. The lowest BCUT2D eigenvalue weighted by Gasteiger charge is -2.30. The maximum Gasteiger partial charge on any atom is 0.290 e. The van der Waals surface area contributed by atoms with Gasteiger partial charge >= 0.3 is 0 Å². The molecule has 5 nitrogen and oxygen atoms in total. The first-order valence-corrected chi connectivity index (χ1v) is 8.88. The minimum Gasteiger partial charge on any atom is -0.497 e. The summed E-state index contributed by atoms with van der Waals surface area (Å²) in [7, 11) is 1.61. The molecule has 1 fully saturated rings. The van der Waals surface area contributed by atoms with Gasteiger partial charge in [0.15, 0.2) is 0 Å². The van der Waals surface area contributed by atoms with Crippen LogP contribution < -0.4 is 10.5 Å². The molecule has 1 unspecified atom stereocenters. The average Bonchev–Trinajstić information content (AvgIpc) is 3.06. The van der Waals surface area contributed by atoms with Crippen LogP contribution in [0, 0.1) is 0 Å². The monoisotopic (exact) mass is 350 g/mol. The Balaban J connectivity index is 1.86. The Morgan fingerprint density at radius 1 is 1.23 bits per heavy atom. The second-order valence-electron chi connectivity index (χ2n) is 6.69. The summed E-state index contributed by atoms with van der Waals surface area (Å²) in [6.45, 7) is 1.27. The predicted molar refractivity (Wildman–Crippen MR) is 101 cm³/mol. The number of benzene rings is 2. The van der Waals surface area contributed by atoms with E-state index in [1.165, 1.54) is 0 Å². The van der Waals surface area contributed by atoms with Crippen molar-refractivity contribution in [2.45, 2.75) is 18.9 Å². The lowest BCUT2D eigenvalue weighted by atomic mass is 10.0. The van der Waals surface area contributed by atoms with Crippen LogP contribution in [0.15, 0.2) is 52.9 Å². The zero-order valence-electron chi connectivity index (χ0n) is 14.8.